The second kappa shape index (κ2) is 10.2. The van der Waals surface area contributed by atoms with Gasteiger partial charge in [0.25, 0.3) is 11.8 Å². The van der Waals surface area contributed by atoms with E-state index in [2.05, 4.69) is 20.8 Å². The van der Waals surface area contributed by atoms with Crippen LogP contribution < -0.4 is 20.1 Å². The smallest absolute Gasteiger partial charge is 0.291 e. The highest BCUT2D eigenvalue weighted by atomic mass is 16.5. The molecule has 11 nitrogen and oxygen atoms in total. The van der Waals surface area contributed by atoms with E-state index in [0.717, 1.165) is 11.4 Å². The van der Waals surface area contributed by atoms with Gasteiger partial charge in [-0.15, -0.1) is 0 Å². The first-order chi connectivity index (χ1) is 16.9. The maximum absolute atomic E-state index is 12.9. The Labute approximate surface area is 201 Å². The maximum atomic E-state index is 12.9. The molecule has 11 heteroatoms. The number of nitrogens with one attached hydrogen (secondary N) is 2. The third-order valence-electron chi connectivity index (χ3n) is 5.29. The number of nitrogens with zero attached hydrogens (tertiary/aromatic N) is 4. The summed E-state index contributed by atoms with van der Waals surface area (Å²) in [5.41, 5.74) is 1.80. The van der Waals surface area contributed by atoms with Gasteiger partial charge in [0.05, 0.1) is 36.1 Å². The van der Waals surface area contributed by atoms with Gasteiger partial charge in [-0.25, -0.2) is 0 Å². The minimum atomic E-state index is -0.517. The summed E-state index contributed by atoms with van der Waals surface area (Å²) in [7, 11) is 3.39. The van der Waals surface area contributed by atoms with Gasteiger partial charge >= 0.3 is 0 Å². The summed E-state index contributed by atoms with van der Waals surface area (Å²) in [5, 5.41) is 13.7. The molecule has 3 heterocycles. The number of amides is 2. The van der Waals surface area contributed by atoms with Crippen LogP contribution in [0, 0.1) is 6.92 Å². The number of furan rings is 1. The van der Waals surface area contributed by atoms with Crippen LogP contribution in [-0.4, -0.2) is 38.0 Å². The summed E-state index contributed by atoms with van der Waals surface area (Å²) in [6.45, 7) is 4.49. The molecule has 0 aliphatic heterocycles. The minimum absolute atomic E-state index is 0.0774. The van der Waals surface area contributed by atoms with Crippen molar-refractivity contribution in [3.05, 3.63) is 71.7 Å². The first-order valence-electron chi connectivity index (χ1n) is 10.9. The van der Waals surface area contributed by atoms with Crippen LogP contribution >= 0.6 is 0 Å². The number of carbonyl (C=O) groups is 2. The topological polar surface area (TPSA) is 125 Å². The molecule has 0 fully saturated rings. The van der Waals surface area contributed by atoms with Gasteiger partial charge in [0, 0.05) is 14.1 Å². The molecule has 0 atom stereocenters. The molecule has 35 heavy (non-hydrogen) atoms. The fourth-order valence-electron chi connectivity index (χ4n) is 3.32. The van der Waals surface area contributed by atoms with Crippen LogP contribution in [0.15, 0.2) is 53.2 Å². The van der Waals surface area contributed by atoms with Gasteiger partial charge in [0.1, 0.15) is 29.6 Å². The van der Waals surface area contributed by atoms with E-state index in [1.165, 1.54) is 10.9 Å². The second-order valence-corrected chi connectivity index (χ2v) is 7.67. The Balaban J connectivity index is 1.39. The molecule has 0 saturated carbocycles. The Morgan fingerprint density at radius 3 is 2.17 bits per heavy atom. The summed E-state index contributed by atoms with van der Waals surface area (Å²) in [4.78, 5) is 25.6. The van der Waals surface area contributed by atoms with Gasteiger partial charge < -0.3 is 24.5 Å². The zero-order valence-corrected chi connectivity index (χ0v) is 19.9. The lowest BCUT2D eigenvalue weighted by molar-refractivity contribution is 0.0992. The van der Waals surface area contributed by atoms with Gasteiger partial charge in [-0.3, -0.25) is 19.0 Å². The van der Waals surface area contributed by atoms with E-state index >= 15 is 0 Å². The van der Waals surface area contributed by atoms with Crippen LogP contribution in [0.25, 0.3) is 0 Å². The van der Waals surface area contributed by atoms with E-state index in [9.17, 15) is 9.59 Å². The van der Waals surface area contributed by atoms with Crippen molar-refractivity contribution in [3.63, 3.8) is 0 Å². The van der Waals surface area contributed by atoms with Gasteiger partial charge in [0.15, 0.2) is 5.76 Å². The molecule has 182 valence electrons. The monoisotopic (exact) mass is 478 g/mol. The lowest BCUT2D eigenvalue weighted by Gasteiger charge is -2.08. The molecule has 0 unspecified atom stereocenters. The van der Waals surface area contributed by atoms with Gasteiger partial charge in [-0.05, 0) is 50.2 Å². The highest BCUT2D eigenvalue weighted by Gasteiger charge is 2.22. The van der Waals surface area contributed by atoms with Crippen molar-refractivity contribution in [2.75, 3.05) is 17.2 Å². The first kappa shape index (κ1) is 23.6. The summed E-state index contributed by atoms with van der Waals surface area (Å²) in [5.74, 6) is 1.01. The third-order valence-corrected chi connectivity index (χ3v) is 5.29. The van der Waals surface area contributed by atoms with Crippen molar-refractivity contribution in [1.82, 2.24) is 19.6 Å². The van der Waals surface area contributed by atoms with E-state index in [1.54, 1.807) is 49.2 Å². The quantitative estimate of drug-likeness (QED) is 0.377. The van der Waals surface area contributed by atoms with Crippen LogP contribution in [0.4, 0.5) is 11.4 Å². The lowest BCUT2D eigenvalue weighted by Crippen LogP contribution is -2.20. The Morgan fingerprint density at radius 1 is 0.886 bits per heavy atom. The zero-order chi connectivity index (χ0) is 24.9. The van der Waals surface area contributed by atoms with Gasteiger partial charge in [-0.1, -0.05) is 0 Å². The largest absolute Gasteiger partial charge is 0.494 e. The van der Waals surface area contributed by atoms with E-state index < -0.39 is 11.8 Å². The summed E-state index contributed by atoms with van der Waals surface area (Å²) in [6.07, 6.45) is 2.96. The Hall–Kier alpha value is -4.54. The summed E-state index contributed by atoms with van der Waals surface area (Å²) >= 11 is 0. The van der Waals surface area contributed by atoms with Crippen molar-refractivity contribution < 1.29 is 23.5 Å². The number of carbonyl (C=O) groups excluding carboxylic acids is 2. The second-order valence-electron chi connectivity index (χ2n) is 7.67. The minimum Gasteiger partial charge on any atom is -0.494 e. The normalized spacial score (nSPS) is 10.7. The molecule has 3 aromatic heterocycles. The van der Waals surface area contributed by atoms with Crippen LogP contribution in [0.1, 0.15) is 39.4 Å². The third kappa shape index (κ3) is 5.35. The van der Waals surface area contributed by atoms with E-state index in [-0.39, 0.29) is 23.7 Å². The molecule has 0 spiro atoms. The Kier molecular flexibility index (Phi) is 6.86. The van der Waals surface area contributed by atoms with Crippen molar-refractivity contribution in [2.24, 2.45) is 14.1 Å². The van der Waals surface area contributed by atoms with Crippen molar-refractivity contribution >= 4 is 23.2 Å². The fourth-order valence-corrected chi connectivity index (χ4v) is 3.32. The number of aryl methyl sites for hydroxylation is 2. The highest BCUT2D eigenvalue weighted by molar-refractivity contribution is 6.11. The molecule has 0 bridgehead atoms. The SMILES string of the molecule is CCOc1ccc(OCc2ccc(C(=O)Nc3cnn(C)c3C(=O)Nc3cnn(C)c3C)o2)cc1. The molecule has 2 N–H and O–H groups in total. The van der Waals surface area contributed by atoms with Crippen molar-refractivity contribution in [2.45, 2.75) is 20.5 Å². The maximum Gasteiger partial charge on any atom is 0.291 e. The number of hydrogen-bond donors (Lipinski definition) is 2. The highest BCUT2D eigenvalue weighted by Crippen LogP contribution is 2.21. The molecule has 1 aromatic carbocycles. The lowest BCUT2D eigenvalue weighted by atomic mass is 10.3. The number of rotatable bonds is 9. The number of hydrogen-bond acceptors (Lipinski definition) is 7. The number of ether oxygens (including phenoxy) is 2. The zero-order valence-electron chi connectivity index (χ0n) is 19.9. The van der Waals surface area contributed by atoms with Crippen LogP contribution in [0.5, 0.6) is 11.5 Å². The molecule has 4 rings (SSSR count). The molecular formula is C24H26N6O5. The standard InChI is InChI=1S/C24H26N6O5/c1-5-33-16-6-8-17(9-7-16)34-14-18-10-11-21(35-18)23(31)28-20-13-26-30(4)22(20)24(32)27-19-12-25-29(3)15(19)2/h6-13H,5,14H2,1-4H3,(H,27,32)(H,28,31). The first-order valence-corrected chi connectivity index (χ1v) is 10.9. The van der Waals surface area contributed by atoms with Gasteiger partial charge in [-0.2, -0.15) is 10.2 Å². The van der Waals surface area contributed by atoms with Crippen LogP contribution in [0.3, 0.4) is 0 Å². The van der Waals surface area contributed by atoms with Gasteiger partial charge in [0.2, 0.25) is 0 Å². The Bertz CT molecular complexity index is 1330. The summed E-state index contributed by atoms with van der Waals surface area (Å²) < 4.78 is 19.8. The Morgan fingerprint density at radius 2 is 1.51 bits per heavy atom. The number of anilines is 2. The van der Waals surface area contributed by atoms with Crippen LogP contribution in [-0.2, 0) is 20.7 Å². The van der Waals surface area contributed by atoms with E-state index in [0.29, 0.717) is 23.8 Å². The fraction of sp³-hybridized carbons (Fsp3) is 0.250. The average molecular weight is 479 g/mol. The van der Waals surface area contributed by atoms with Crippen molar-refractivity contribution in [1.29, 1.82) is 0 Å². The summed E-state index contributed by atoms with van der Waals surface area (Å²) in [6, 6.07) is 10.4. The predicted molar refractivity (Wildman–Crippen MR) is 128 cm³/mol. The molecule has 2 amide bonds. The molecule has 0 aliphatic carbocycles. The van der Waals surface area contributed by atoms with E-state index in [4.69, 9.17) is 13.9 Å². The molecule has 0 saturated heterocycles. The molecule has 4 aromatic rings. The average Bonchev–Trinajstić information content (AvgIpc) is 3.55. The molecule has 0 radical (unpaired) electrons. The van der Waals surface area contributed by atoms with E-state index in [1.807, 2.05) is 26.0 Å². The number of aromatic nitrogens is 4. The molecule has 0 aliphatic rings. The van der Waals surface area contributed by atoms with Crippen LogP contribution in [0.2, 0.25) is 0 Å². The molecular weight excluding hydrogens is 452 g/mol. The number of benzene rings is 1. The predicted octanol–water partition coefficient (Wildman–Crippen LogP) is 3.54. The van der Waals surface area contributed by atoms with Crippen molar-refractivity contribution in [3.8, 4) is 11.5 Å².